The summed E-state index contributed by atoms with van der Waals surface area (Å²) in [6.07, 6.45) is 1.92. The highest BCUT2D eigenvalue weighted by atomic mass is 35.5. The summed E-state index contributed by atoms with van der Waals surface area (Å²) in [5.41, 5.74) is 8.33. The van der Waals surface area contributed by atoms with Gasteiger partial charge in [0, 0.05) is 41.0 Å². The molecular formula is C23H26ClN3O3S. The molecule has 0 aliphatic carbocycles. The van der Waals surface area contributed by atoms with Gasteiger partial charge in [0.25, 0.3) is 5.91 Å². The minimum Gasteiger partial charge on any atom is -0.381 e. The largest absolute Gasteiger partial charge is 0.381 e. The van der Waals surface area contributed by atoms with Crippen molar-refractivity contribution in [3.63, 3.8) is 0 Å². The molecule has 2 heterocycles. The lowest BCUT2D eigenvalue weighted by Crippen LogP contribution is -2.44. The topological polar surface area (TPSA) is 84.7 Å². The van der Waals surface area contributed by atoms with Crippen molar-refractivity contribution in [3.05, 3.63) is 58.6 Å². The number of thioether (sulfide) groups is 1. The average molecular weight is 460 g/mol. The fourth-order valence-electron chi connectivity index (χ4n) is 3.79. The van der Waals surface area contributed by atoms with Crippen molar-refractivity contribution in [2.75, 3.05) is 30.4 Å². The van der Waals surface area contributed by atoms with E-state index in [1.54, 1.807) is 34.9 Å². The smallest absolute Gasteiger partial charge is 0.251 e. The summed E-state index contributed by atoms with van der Waals surface area (Å²) < 4.78 is 5.38. The first-order valence-electron chi connectivity index (χ1n) is 10.5. The van der Waals surface area contributed by atoms with Gasteiger partial charge < -0.3 is 20.7 Å². The highest BCUT2D eigenvalue weighted by Crippen LogP contribution is 2.36. The van der Waals surface area contributed by atoms with Gasteiger partial charge in [-0.05, 0) is 54.7 Å². The number of hydrogen-bond acceptors (Lipinski definition) is 5. The number of ether oxygens (including phenoxy) is 1. The Morgan fingerprint density at radius 1 is 1.19 bits per heavy atom. The maximum Gasteiger partial charge on any atom is 0.251 e. The molecule has 0 unspecified atom stereocenters. The summed E-state index contributed by atoms with van der Waals surface area (Å²) >= 11 is 7.54. The van der Waals surface area contributed by atoms with Gasteiger partial charge in [0.05, 0.1) is 18.3 Å². The highest BCUT2D eigenvalue weighted by Gasteiger charge is 2.29. The normalized spacial score (nSPS) is 19.6. The van der Waals surface area contributed by atoms with E-state index in [0.29, 0.717) is 35.3 Å². The van der Waals surface area contributed by atoms with E-state index in [0.717, 1.165) is 42.2 Å². The quantitative estimate of drug-likeness (QED) is 0.715. The third kappa shape index (κ3) is 5.41. The molecule has 3 N–H and O–H groups in total. The molecule has 0 bridgehead atoms. The first-order valence-corrected chi connectivity index (χ1v) is 11.8. The van der Waals surface area contributed by atoms with Crippen LogP contribution in [0.3, 0.4) is 0 Å². The zero-order valence-electron chi connectivity index (χ0n) is 17.2. The summed E-state index contributed by atoms with van der Waals surface area (Å²) in [6, 6.07) is 12.3. The Bertz CT molecular complexity index is 948. The standard InChI is InChI=1S/C23H26ClN3O3S/c24-18-4-1-16(2-5-18)13-27-20-11-17(3-6-21(20)31-14-19(25)23(27)29)22(28)26-12-15-7-9-30-10-8-15/h1-6,11,15,19H,7-10,12-14,25H2,(H,26,28)/t19-/m0/s1. The molecule has 2 aliphatic heterocycles. The number of carbonyl (C=O) groups excluding carboxylic acids is 2. The number of nitrogens with one attached hydrogen (secondary N) is 1. The fraction of sp³-hybridized carbons (Fsp3) is 0.391. The molecule has 0 saturated carbocycles. The van der Waals surface area contributed by atoms with Gasteiger partial charge in [0.2, 0.25) is 5.91 Å². The molecule has 2 aromatic carbocycles. The molecule has 0 spiro atoms. The third-order valence-corrected chi connectivity index (χ3v) is 7.09. The van der Waals surface area contributed by atoms with Gasteiger partial charge in [0.15, 0.2) is 0 Å². The second kappa shape index (κ2) is 10.0. The average Bonchev–Trinajstić information content (AvgIpc) is 2.91. The lowest BCUT2D eigenvalue weighted by molar-refractivity contribution is -0.119. The molecule has 1 atom stereocenters. The van der Waals surface area contributed by atoms with Crippen LogP contribution in [0.15, 0.2) is 47.4 Å². The van der Waals surface area contributed by atoms with Gasteiger partial charge >= 0.3 is 0 Å². The molecule has 4 rings (SSSR count). The molecule has 2 amide bonds. The van der Waals surface area contributed by atoms with Gasteiger partial charge in [0.1, 0.15) is 0 Å². The Balaban J connectivity index is 1.56. The van der Waals surface area contributed by atoms with Gasteiger partial charge in [-0.15, -0.1) is 11.8 Å². The van der Waals surface area contributed by atoms with E-state index in [1.807, 2.05) is 24.3 Å². The fourth-order valence-corrected chi connectivity index (χ4v) is 4.90. The number of benzene rings is 2. The molecule has 2 aliphatic rings. The second-order valence-corrected chi connectivity index (χ2v) is 9.41. The molecule has 2 aromatic rings. The van der Waals surface area contributed by atoms with Gasteiger partial charge in [-0.3, -0.25) is 9.59 Å². The number of nitrogens with zero attached hydrogens (tertiary/aromatic N) is 1. The molecule has 164 valence electrons. The molecule has 0 radical (unpaired) electrons. The number of carbonyl (C=O) groups is 2. The Morgan fingerprint density at radius 3 is 2.68 bits per heavy atom. The summed E-state index contributed by atoms with van der Waals surface area (Å²) in [4.78, 5) is 28.5. The van der Waals surface area contributed by atoms with E-state index < -0.39 is 6.04 Å². The van der Waals surface area contributed by atoms with Crippen LogP contribution in [-0.4, -0.2) is 43.4 Å². The van der Waals surface area contributed by atoms with E-state index in [9.17, 15) is 9.59 Å². The van der Waals surface area contributed by atoms with Crippen molar-refractivity contribution in [2.24, 2.45) is 11.7 Å². The molecule has 6 nitrogen and oxygen atoms in total. The predicted molar refractivity (Wildman–Crippen MR) is 124 cm³/mol. The zero-order valence-corrected chi connectivity index (χ0v) is 18.8. The van der Waals surface area contributed by atoms with Crippen molar-refractivity contribution >= 4 is 40.9 Å². The SMILES string of the molecule is N[C@H]1CSc2ccc(C(=O)NCC3CCOCC3)cc2N(Cc2ccc(Cl)cc2)C1=O. The summed E-state index contributed by atoms with van der Waals surface area (Å²) in [5, 5.41) is 3.68. The van der Waals surface area contributed by atoms with Crippen LogP contribution in [-0.2, 0) is 16.1 Å². The van der Waals surface area contributed by atoms with E-state index in [-0.39, 0.29) is 11.8 Å². The summed E-state index contributed by atoms with van der Waals surface area (Å²) in [6.45, 7) is 2.49. The first-order chi connectivity index (χ1) is 15.0. The number of amides is 2. The van der Waals surface area contributed by atoms with Crippen molar-refractivity contribution < 1.29 is 14.3 Å². The number of halogens is 1. The molecule has 1 fully saturated rings. The van der Waals surface area contributed by atoms with E-state index in [4.69, 9.17) is 22.1 Å². The van der Waals surface area contributed by atoms with Gasteiger partial charge in [-0.1, -0.05) is 23.7 Å². The Kier molecular flexibility index (Phi) is 7.17. The minimum atomic E-state index is -0.601. The maximum atomic E-state index is 13.0. The number of nitrogens with two attached hydrogens (primary N) is 1. The van der Waals surface area contributed by atoms with E-state index in [2.05, 4.69) is 5.32 Å². The molecule has 8 heteroatoms. The number of hydrogen-bond donors (Lipinski definition) is 2. The maximum absolute atomic E-state index is 13.0. The van der Waals surface area contributed by atoms with E-state index in [1.165, 1.54) is 0 Å². The van der Waals surface area contributed by atoms with Crippen molar-refractivity contribution in [1.29, 1.82) is 0 Å². The summed E-state index contributed by atoms with van der Waals surface area (Å²) in [7, 11) is 0. The lowest BCUT2D eigenvalue weighted by Gasteiger charge is -2.25. The summed E-state index contributed by atoms with van der Waals surface area (Å²) in [5.74, 6) is 0.654. The second-order valence-electron chi connectivity index (χ2n) is 7.92. The van der Waals surface area contributed by atoms with Crippen LogP contribution >= 0.6 is 23.4 Å². The lowest BCUT2D eigenvalue weighted by atomic mass is 10.0. The number of fused-ring (bicyclic) bond motifs is 1. The number of rotatable bonds is 5. The van der Waals surface area contributed by atoms with Crippen LogP contribution in [0.25, 0.3) is 0 Å². The third-order valence-electron chi connectivity index (χ3n) is 5.66. The monoisotopic (exact) mass is 459 g/mol. The molecule has 31 heavy (non-hydrogen) atoms. The van der Waals surface area contributed by atoms with Crippen LogP contribution in [0.4, 0.5) is 5.69 Å². The van der Waals surface area contributed by atoms with Crippen molar-refractivity contribution in [2.45, 2.75) is 30.3 Å². The van der Waals surface area contributed by atoms with Crippen LogP contribution in [0, 0.1) is 5.92 Å². The number of anilines is 1. The van der Waals surface area contributed by atoms with Crippen LogP contribution in [0.1, 0.15) is 28.8 Å². The van der Waals surface area contributed by atoms with Crippen LogP contribution in [0.5, 0.6) is 0 Å². The molecule has 0 aromatic heterocycles. The molecular weight excluding hydrogens is 434 g/mol. The van der Waals surface area contributed by atoms with E-state index >= 15 is 0 Å². The van der Waals surface area contributed by atoms with Gasteiger partial charge in [-0.2, -0.15) is 0 Å². The molecule has 1 saturated heterocycles. The van der Waals surface area contributed by atoms with Crippen LogP contribution in [0.2, 0.25) is 5.02 Å². The van der Waals surface area contributed by atoms with Crippen molar-refractivity contribution in [3.8, 4) is 0 Å². The van der Waals surface area contributed by atoms with Gasteiger partial charge in [-0.25, -0.2) is 0 Å². The van der Waals surface area contributed by atoms with Crippen molar-refractivity contribution in [1.82, 2.24) is 5.32 Å². The zero-order chi connectivity index (χ0) is 21.8. The first kappa shape index (κ1) is 22.1. The Morgan fingerprint density at radius 2 is 1.94 bits per heavy atom. The Labute approximate surface area is 191 Å². The minimum absolute atomic E-state index is 0.133. The van der Waals surface area contributed by atoms with Crippen LogP contribution < -0.4 is 16.0 Å². The highest BCUT2D eigenvalue weighted by molar-refractivity contribution is 7.99. The predicted octanol–water partition coefficient (Wildman–Crippen LogP) is 3.46. The Hall–Kier alpha value is -2.06.